The summed E-state index contributed by atoms with van der Waals surface area (Å²) in [4.78, 5) is 13.8. The summed E-state index contributed by atoms with van der Waals surface area (Å²) in [6.45, 7) is 2.09. The number of hydrogen-bond donors (Lipinski definition) is 2. The SMILES string of the molecule is CNC(CCN(C)CCOC)(C(=O)O)c1ccccc1. The summed E-state index contributed by atoms with van der Waals surface area (Å²) in [7, 11) is 5.31. The van der Waals surface area contributed by atoms with E-state index in [-0.39, 0.29) is 0 Å². The van der Waals surface area contributed by atoms with Crippen LogP contribution in [0.2, 0.25) is 0 Å². The van der Waals surface area contributed by atoms with Crippen molar-refractivity contribution in [2.75, 3.05) is 40.9 Å². The number of aliphatic carboxylic acids is 1. The molecule has 0 aliphatic rings. The van der Waals surface area contributed by atoms with E-state index in [1.165, 1.54) is 0 Å². The van der Waals surface area contributed by atoms with Crippen molar-refractivity contribution in [2.45, 2.75) is 12.0 Å². The Kier molecular flexibility index (Phi) is 6.64. The van der Waals surface area contributed by atoms with Gasteiger partial charge < -0.3 is 20.1 Å². The molecule has 0 amide bonds. The van der Waals surface area contributed by atoms with Crippen LogP contribution in [0.5, 0.6) is 0 Å². The molecule has 5 nitrogen and oxygen atoms in total. The van der Waals surface area contributed by atoms with Crippen LogP contribution in [0, 0.1) is 0 Å². The average Bonchev–Trinajstić information content (AvgIpc) is 2.47. The Morgan fingerprint density at radius 1 is 1.35 bits per heavy atom. The largest absolute Gasteiger partial charge is 0.480 e. The van der Waals surface area contributed by atoms with E-state index in [0.717, 1.165) is 12.1 Å². The molecule has 1 rings (SSSR count). The minimum atomic E-state index is -1.05. The molecule has 0 aliphatic heterocycles. The number of carboxylic acid groups (broad SMARTS) is 1. The Morgan fingerprint density at radius 3 is 2.50 bits per heavy atom. The fourth-order valence-electron chi connectivity index (χ4n) is 2.19. The molecule has 0 aliphatic carbocycles. The third kappa shape index (κ3) is 4.03. The molecule has 0 bridgehead atoms. The number of carboxylic acids is 1. The lowest BCUT2D eigenvalue weighted by molar-refractivity contribution is -0.145. The maximum atomic E-state index is 11.8. The molecular formula is C15H24N2O3. The molecule has 1 unspecified atom stereocenters. The van der Waals surface area contributed by atoms with E-state index >= 15 is 0 Å². The van der Waals surface area contributed by atoms with Crippen LogP contribution in [0.25, 0.3) is 0 Å². The van der Waals surface area contributed by atoms with E-state index in [4.69, 9.17) is 4.74 Å². The first-order valence-corrected chi connectivity index (χ1v) is 6.72. The van der Waals surface area contributed by atoms with Crippen LogP contribution >= 0.6 is 0 Å². The van der Waals surface area contributed by atoms with Crippen LogP contribution in [0.15, 0.2) is 30.3 Å². The molecule has 1 aromatic rings. The van der Waals surface area contributed by atoms with Gasteiger partial charge in [-0.25, -0.2) is 4.79 Å². The quantitative estimate of drug-likeness (QED) is 0.710. The van der Waals surface area contributed by atoms with E-state index in [1.54, 1.807) is 14.2 Å². The first-order valence-electron chi connectivity index (χ1n) is 6.72. The lowest BCUT2D eigenvalue weighted by atomic mass is 9.86. The van der Waals surface area contributed by atoms with Crippen LogP contribution in [-0.2, 0) is 15.1 Å². The fourth-order valence-corrected chi connectivity index (χ4v) is 2.19. The summed E-state index contributed by atoms with van der Waals surface area (Å²) in [5.74, 6) is -0.855. The highest BCUT2D eigenvalue weighted by Crippen LogP contribution is 2.25. The highest BCUT2D eigenvalue weighted by molar-refractivity contribution is 5.80. The van der Waals surface area contributed by atoms with E-state index in [1.807, 2.05) is 37.4 Å². The Bertz CT molecular complexity index is 411. The lowest BCUT2D eigenvalue weighted by Gasteiger charge is -2.31. The van der Waals surface area contributed by atoms with Crippen LogP contribution in [0.3, 0.4) is 0 Å². The monoisotopic (exact) mass is 280 g/mol. The number of rotatable bonds is 9. The molecule has 112 valence electrons. The van der Waals surface area contributed by atoms with E-state index < -0.39 is 11.5 Å². The zero-order chi connectivity index (χ0) is 15.0. The average molecular weight is 280 g/mol. The first-order chi connectivity index (χ1) is 9.56. The molecule has 1 aromatic carbocycles. The lowest BCUT2D eigenvalue weighted by Crippen LogP contribution is -2.49. The molecule has 0 radical (unpaired) electrons. The van der Waals surface area contributed by atoms with E-state index in [9.17, 15) is 9.90 Å². The molecule has 1 atom stereocenters. The summed E-state index contributed by atoms with van der Waals surface area (Å²) in [5.41, 5.74) is -0.280. The Morgan fingerprint density at radius 2 is 2.00 bits per heavy atom. The number of hydrogen-bond acceptors (Lipinski definition) is 4. The number of likely N-dealkylation sites (N-methyl/N-ethyl adjacent to an activating group) is 2. The molecule has 0 saturated heterocycles. The van der Waals surface area contributed by atoms with Gasteiger partial charge in [0.2, 0.25) is 0 Å². The van der Waals surface area contributed by atoms with Gasteiger partial charge in [0.1, 0.15) is 5.54 Å². The van der Waals surface area contributed by atoms with Crippen molar-refractivity contribution in [1.29, 1.82) is 0 Å². The van der Waals surface area contributed by atoms with Crippen LogP contribution in [0.1, 0.15) is 12.0 Å². The summed E-state index contributed by atoms with van der Waals surface area (Å²) >= 11 is 0. The van der Waals surface area contributed by atoms with Gasteiger partial charge in [-0.3, -0.25) is 0 Å². The molecule has 0 saturated carbocycles. The number of methoxy groups -OCH3 is 1. The molecular weight excluding hydrogens is 256 g/mol. The van der Waals surface area contributed by atoms with Gasteiger partial charge in [-0.1, -0.05) is 30.3 Å². The number of nitrogens with zero attached hydrogens (tertiary/aromatic N) is 1. The summed E-state index contributed by atoms with van der Waals surface area (Å²) in [5, 5.41) is 12.6. The summed E-state index contributed by atoms with van der Waals surface area (Å²) < 4.78 is 5.03. The molecule has 0 fully saturated rings. The highest BCUT2D eigenvalue weighted by Gasteiger charge is 2.38. The van der Waals surface area contributed by atoms with Gasteiger partial charge in [0.25, 0.3) is 0 Å². The second-order valence-electron chi connectivity index (χ2n) is 4.87. The maximum Gasteiger partial charge on any atom is 0.328 e. The smallest absolute Gasteiger partial charge is 0.328 e. The molecule has 20 heavy (non-hydrogen) atoms. The van der Waals surface area contributed by atoms with Gasteiger partial charge in [-0.2, -0.15) is 0 Å². The third-order valence-electron chi connectivity index (χ3n) is 3.60. The fraction of sp³-hybridized carbons (Fsp3) is 0.533. The zero-order valence-electron chi connectivity index (χ0n) is 12.4. The molecule has 0 heterocycles. The predicted octanol–water partition coefficient (Wildman–Crippen LogP) is 1.15. The van der Waals surface area contributed by atoms with Crippen molar-refractivity contribution >= 4 is 5.97 Å². The second-order valence-corrected chi connectivity index (χ2v) is 4.87. The van der Waals surface area contributed by atoms with Crippen molar-refractivity contribution < 1.29 is 14.6 Å². The molecule has 0 spiro atoms. The van der Waals surface area contributed by atoms with Gasteiger partial charge in [-0.05, 0) is 26.1 Å². The number of benzene rings is 1. The Labute approximate surface area is 120 Å². The second kappa shape index (κ2) is 7.99. The van der Waals surface area contributed by atoms with Gasteiger partial charge in [0.05, 0.1) is 6.61 Å². The Balaban J connectivity index is 2.83. The zero-order valence-corrected chi connectivity index (χ0v) is 12.4. The standard InChI is InChI=1S/C15H24N2O3/c1-16-15(14(18)19,13-7-5-4-6-8-13)9-10-17(2)11-12-20-3/h4-8,16H,9-12H2,1-3H3,(H,18,19). The number of carbonyl (C=O) groups is 1. The van der Waals surface area contributed by atoms with Crippen LogP contribution in [-0.4, -0.2) is 56.9 Å². The third-order valence-corrected chi connectivity index (χ3v) is 3.60. The predicted molar refractivity (Wildman–Crippen MR) is 78.8 cm³/mol. The summed E-state index contributed by atoms with van der Waals surface area (Å²) in [6.07, 6.45) is 0.489. The molecule has 0 aromatic heterocycles. The summed E-state index contributed by atoms with van der Waals surface area (Å²) in [6, 6.07) is 9.30. The maximum absolute atomic E-state index is 11.8. The van der Waals surface area contributed by atoms with Crippen molar-refractivity contribution in [3.05, 3.63) is 35.9 Å². The van der Waals surface area contributed by atoms with Crippen molar-refractivity contribution in [1.82, 2.24) is 10.2 Å². The number of ether oxygens (including phenoxy) is 1. The van der Waals surface area contributed by atoms with Gasteiger partial charge in [0, 0.05) is 20.2 Å². The normalized spacial score (nSPS) is 14.2. The number of nitrogens with one attached hydrogen (secondary N) is 1. The van der Waals surface area contributed by atoms with Crippen molar-refractivity contribution in [3.63, 3.8) is 0 Å². The minimum Gasteiger partial charge on any atom is -0.480 e. The van der Waals surface area contributed by atoms with E-state index in [2.05, 4.69) is 10.2 Å². The van der Waals surface area contributed by atoms with Crippen LogP contribution < -0.4 is 5.32 Å². The first kappa shape index (κ1) is 16.6. The van der Waals surface area contributed by atoms with Crippen molar-refractivity contribution in [3.8, 4) is 0 Å². The Hall–Kier alpha value is -1.43. The minimum absolute atomic E-state index is 0.489. The topological polar surface area (TPSA) is 61.8 Å². The van der Waals surface area contributed by atoms with Crippen LogP contribution in [0.4, 0.5) is 0 Å². The van der Waals surface area contributed by atoms with Gasteiger partial charge in [-0.15, -0.1) is 0 Å². The highest BCUT2D eigenvalue weighted by atomic mass is 16.5. The molecule has 5 heteroatoms. The van der Waals surface area contributed by atoms with E-state index in [0.29, 0.717) is 19.6 Å². The van der Waals surface area contributed by atoms with Crippen molar-refractivity contribution in [2.24, 2.45) is 0 Å². The molecule has 2 N–H and O–H groups in total. The van der Waals surface area contributed by atoms with Gasteiger partial charge in [0.15, 0.2) is 0 Å². The van der Waals surface area contributed by atoms with Gasteiger partial charge >= 0.3 is 5.97 Å².